The van der Waals surface area contributed by atoms with Crippen LogP contribution in [0.2, 0.25) is 0 Å². The highest BCUT2D eigenvalue weighted by Crippen LogP contribution is 2.21. The molecule has 0 saturated heterocycles. The molecular formula is C16H31IN4O. The average Bonchev–Trinajstić information content (AvgIpc) is 2.53. The van der Waals surface area contributed by atoms with Crippen molar-refractivity contribution in [3.63, 3.8) is 0 Å². The Kier molecular flexibility index (Phi) is 9.12. The summed E-state index contributed by atoms with van der Waals surface area (Å²) in [5, 5.41) is 3.25. The Labute approximate surface area is 151 Å². The van der Waals surface area contributed by atoms with Crippen LogP contribution in [-0.4, -0.2) is 42.4 Å². The first kappa shape index (κ1) is 19.5. The van der Waals surface area contributed by atoms with Crippen LogP contribution < -0.4 is 11.1 Å². The molecule has 5 nitrogen and oxygen atoms in total. The Morgan fingerprint density at radius 1 is 1.09 bits per heavy atom. The van der Waals surface area contributed by atoms with E-state index in [9.17, 15) is 4.79 Å². The first-order valence-corrected chi connectivity index (χ1v) is 8.49. The molecule has 0 spiro atoms. The molecule has 0 aromatic heterocycles. The Hall–Kier alpha value is -0.530. The van der Waals surface area contributed by atoms with E-state index in [2.05, 4.69) is 10.3 Å². The fourth-order valence-electron chi connectivity index (χ4n) is 3.44. The van der Waals surface area contributed by atoms with Crippen LogP contribution in [-0.2, 0) is 4.79 Å². The number of hydrogen-bond acceptors (Lipinski definition) is 2. The third kappa shape index (κ3) is 6.30. The summed E-state index contributed by atoms with van der Waals surface area (Å²) in [6.07, 6.45) is 12.2. The topological polar surface area (TPSA) is 70.7 Å². The van der Waals surface area contributed by atoms with Gasteiger partial charge in [-0.05, 0) is 25.7 Å². The van der Waals surface area contributed by atoms with E-state index in [1.165, 1.54) is 38.5 Å². The average molecular weight is 422 g/mol. The van der Waals surface area contributed by atoms with E-state index in [-0.39, 0.29) is 36.4 Å². The molecule has 0 bridgehead atoms. The van der Waals surface area contributed by atoms with Gasteiger partial charge in [0.25, 0.3) is 0 Å². The molecule has 0 aromatic rings. The van der Waals surface area contributed by atoms with Gasteiger partial charge < -0.3 is 16.0 Å². The Balaban J connectivity index is 0.00000242. The minimum Gasteiger partial charge on any atom is -0.370 e. The molecule has 2 fully saturated rings. The summed E-state index contributed by atoms with van der Waals surface area (Å²) >= 11 is 0. The molecular weight excluding hydrogens is 391 g/mol. The van der Waals surface area contributed by atoms with Gasteiger partial charge in [0.05, 0.1) is 0 Å². The van der Waals surface area contributed by atoms with Crippen molar-refractivity contribution < 1.29 is 4.79 Å². The van der Waals surface area contributed by atoms with E-state index in [4.69, 9.17) is 5.73 Å². The normalized spacial score (nSPS) is 21.0. The summed E-state index contributed by atoms with van der Waals surface area (Å²) in [7, 11) is 1.90. The van der Waals surface area contributed by atoms with Crippen molar-refractivity contribution in [3.8, 4) is 0 Å². The van der Waals surface area contributed by atoms with Gasteiger partial charge in [-0.25, -0.2) is 4.99 Å². The van der Waals surface area contributed by atoms with Crippen LogP contribution >= 0.6 is 24.0 Å². The fraction of sp³-hybridized carbons (Fsp3) is 0.875. The third-order valence-electron chi connectivity index (χ3n) is 4.86. The van der Waals surface area contributed by atoms with Crippen molar-refractivity contribution >= 4 is 35.8 Å². The molecule has 2 aliphatic carbocycles. The zero-order chi connectivity index (χ0) is 15.1. The van der Waals surface area contributed by atoms with Crippen molar-refractivity contribution in [2.75, 3.05) is 13.6 Å². The predicted molar refractivity (Wildman–Crippen MR) is 102 cm³/mol. The maximum Gasteiger partial charge on any atom is 0.244 e. The smallest absolute Gasteiger partial charge is 0.244 e. The van der Waals surface area contributed by atoms with Gasteiger partial charge in [0.2, 0.25) is 5.91 Å². The van der Waals surface area contributed by atoms with E-state index in [0.29, 0.717) is 18.0 Å². The number of nitrogens with two attached hydrogens (primary N) is 1. The lowest BCUT2D eigenvalue weighted by molar-refractivity contribution is -0.130. The van der Waals surface area contributed by atoms with E-state index in [1.807, 2.05) is 11.9 Å². The number of likely N-dealkylation sites (N-methyl/N-ethyl adjacent to an activating group) is 1. The maximum absolute atomic E-state index is 12.2. The maximum atomic E-state index is 12.2. The number of nitrogens with one attached hydrogen (secondary N) is 1. The van der Waals surface area contributed by atoms with Crippen LogP contribution in [0.1, 0.15) is 64.2 Å². The fourth-order valence-corrected chi connectivity index (χ4v) is 3.44. The lowest BCUT2D eigenvalue weighted by Gasteiger charge is -2.31. The molecule has 0 atom stereocenters. The molecule has 22 heavy (non-hydrogen) atoms. The van der Waals surface area contributed by atoms with Crippen molar-refractivity contribution in [1.29, 1.82) is 0 Å². The quantitative estimate of drug-likeness (QED) is 0.416. The van der Waals surface area contributed by atoms with Gasteiger partial charge in [0.1, 0.15) is 6.54 Å². The molecule has 3 N–H and O–H groups in total. The van der Waals surface area contributed by atoms with Crippen LogP contribution in [0.3, 0.4) is 0 Å². The van der Waals surface area contributed by atoms with Crippen molar-refractivity contribution in [2.45, 2.75) is 76.3 Å². The van der Waals surface area contributed by atoms with Crippen LogP contribution in [0, 0.1) is 0 Å². The molecule has 0 radical (unpaired) electrons. The van der Waals surface area contributed by atoms with Crippen molar-refractivity contribution in [3.05, 3.63) is 0 Å². The van der Waals surface area contributed by atoms with Gasteiger partial charge in [0, 0.05) is 19.1 Å². The van der Waals surface area contributed by atoms with Crippen molar-refractivity contribution in [1.82, 2.24) is 10.2 Å². The summed E-state index contributed by atoms with van der Waals surface area (Å²) < 4.78 is 0. The summed E-state index contributed by atoms with van der Waals surface area (Å²) in [4.78, 5) is 18.3. The second kappa shape index (κ2) is 10.3. The van der Waals surface area contributed by atoms with Crippen LogP contribution in [0.25, 0.3) is 0 Å². The number of rotatable bonds is 4. The highest BCUT2D eigenvalue weighted by Gasteiger charge is 2.21. The number of amides is 1. The van der Waals surface area contributed by atoms with Gasteiger partial charge in [-0.15, -0.1) is 24.0 Å². The number of carbonyl (C=O) groups is 1. The second-order valence-corrected chi connectivity index (χ2v) is 6.48. The minimum absolute atomic E-state index is 0. The van der Waals surface area contributed by atoms with Crippen LogP contribution in [0.5, 0.6) is 0 Å². The highest BCUT2D eigenvalue weighted by atomic mass is 127. The lowest BCUT2D eigenvalue weighted by Crippen LogP contribution is -2.43. The van der Waals surface area contributed by atoms with Crippen LogP contribution in [0.4, 0.5) is 0 Å². The number of carbonyl (C=O) groups excluding carboxylic acids is 1. The Bertz CT molecular complexity index is 363. The molecule has 1 amide bonds. The zero-order valence-electron chi connectivity index (χ0n) is 13.7. The summed E-state index contributed by atoms with van der Waals surface area (Å²) in [6, 6.07) is 0.836. The van der Waals surface area contributed by atoms with Gasteiger partial charge >= 0.3 is 0 Å². The van der Waals surface area contributed by atoms with Gasteiger partial charge in [-0.3, -0.25) is 4.79 Å². The number of halogens is 1. The summed E-state index contributed by atoms with van der Waals surface area (Å²) in [6.45, 7) is 0.165. The first-order valence-electron chi connectivity index (χ1n) is 8.49. The van der Waals surface area contributed by atoms with Gasteiger partial charge in [-0.2, -0.15) is 0 Å². The van der Waals surface area contributed by atoms with Crippen LogP contribution in [0.15, 0.2) is 4.99 Å². The molecule has 0 unspecified atom stereocenters. The minimum atomic E-state index is 0. The monoisotopic (exact) mass is 422 g/mol. The second-order valence-electron chi connectivity index (χ2n) is 6.48. The van der Waals surface area contributed by atoms with Crippen molar-refractivity contribution in [2.24, 2.45) is 10.7 Å². The zero-order valence-corrected chi connectivity index (χ0v) is 16.1. The highest BCUT2D eigenvalue weighted by molar-refractivity contribution is 14.0. The van der Waals surface area contributed by atoms with E-state index in [0.717, 1.165) is 25.7 Å². The van der Waals surface area contributed by atoms with E-state index >= 15 is 0 Å². The molecule has 0 aromatic carbocycles. The molecule has 128 valence electrons. The van der Waals surface area contributed by atoms with Gasteiger partial charge in [-0.1, -0.05) is 38.5 Å². The molecule has 2 saturated carbocycles. The lowest BCUT2D eigenvalue weighted by atomic mass is 9.94. The summed E-state index contributed by atoms with van der Waals surface area (Å²) in [5.41, 5.74) is 5.90. The SMILES string of the molecule is CN(C(=O)CN=C(N)NC1CCCCC1)C1CCCCC1.I. The molecule has 2 aliphatic rings. The molecule has 2 rings (SSSR count). The van der Waals surface area contributed by atoms with E-state index < -0.39 is 0 Å². The number of guanidine groups is 1. The standard InChI is InChI=1S/C16H30N4O.HI/c1-20(14-10-6-3-7-11-14)15(21)12-18-16(17)19-13-8-4-2-5-9-13;/h13-14H,2-12H2,1H3,(H3,17,18,19);1H. The molecule has 0 aliphatic heterocycles. The number of hydrogen-bond donors (Lipinski definition) is 2. The number of nitrogens with zero attached hydrogens (tertiary/aromatic N) is 2. The predicted octanol–water partition coefficient (Wildman–Crippen LogP) is 2.63. The largest absolute Gasteiger partial charge is 0.370 e. The Morgan fingerprint density at radius 3 is 2.23 bits per heavy atom. The number of aliphatic imine (C=N–C) groups is 1. The van der Waals surface area contributed by atoms with E-state index in [1.54, 1.807) is 0 Å². The first-order chi connectivity index (χ1) is 10.2. The third-order valence-corrected chi connectivity index (χ3v) is 4.86. The summed E-state index contributed by atoms with van der Waals surface area (Å²) in [5.74, 6) is 0.502. The van der Waals surface area contributed by atoms with Gasteiger partial charge in [0.15, 0.2) is 5.96 Å². The Morgan fingerprint density at radius 2 is 1.64 bits per heavy atom. The molecule has 6 heteroatoms. The molecule has 0 heterocycles.